The van der Waals surface area contributed by atoms with Crippen LogP contribution in [0.2, 0.25) is 0 Å². The molecule has 0 aromatic carbocycles. The normalized spacial score (nSPS) is 28.5. The van der Waals surface area contributed by atoms with E-state index in [2.05, 4.69) is 17.9 Å². The minimum absolute atomic E-state index is 0.454. The second-order valence-corrected chi connectivity index (χ2v) is 3.81. The molecule has 1 aliphatic rings. The first-order valence-corrected chi connectivity index (χ1v) is 5.30. The topological polar surface area (TPSA) is 29.5 Å². The lowest BCUT2D eigenvalue weighted by Gasteiger charge is -2.21. The molecule has 0 spiro atoms. The lowest BCUT2D eigenvalue weighted by molar-refractivity contribution is -0.249. The van der Waals surface area contributed by atoms with Gasteiger partial charge < -0.3 is 0 Å². The number of rotatable bonds is 2. The van der Waals surface area contributed by atoms with Crippen molar-refractivity contribution < 1.29 is 10.1 Å². The van der Waals surface area contributed by atoms with Crippen LogP contribution in [0.4, 0.5) is 0 Å². The molecule has 0 aromatic rings. The van der Waals surface area contributed by atoms with E-state index in [0.29, 0.717) is 12.5 Å². The standard InChI is InChI=1S/C11H20O2/c1-2-10-7-5-3-4-6-8-11(10)9-13-12/h2,11-12H,3-9H2,1H3/b10-2+. The summed E-state index contributed by atoms with van der Waals surface area (Å²) in [5.41, 5.74) is 1.47. The Labute approximate surface area is 80.5 Å². The van der Waals surface area contributed by atoms with E-state index in [1.807, 2.05) is 0 Å². The molecular formula is C11H20O2. The van der Waals surface area contributed by atoms with Crippen molar-refractivity contribution in [3.05, 3.63) is 11.6 Å². The molecule has 0 radical (unpaired) electrons. The second-order valence-electron chi connectivity index (χ2n) is 3.81. The zero-order chi connectivity index (χ0) is 9.52. The van der Waals surface area contributed by atoms with Gasteiger partial charge in [0.15, 0.2) is 0 Å². The third-order valence-corrected chi connectivity index (χ3v) is 2.94. The Balaban J connectivity index is 2.50. The number of allylic oxidation sites excluding steroid dienone is 1. The zero-order valence-corrected chi connectivity index (χ0v) is 8.46. The van der Waals surface area contributed by atoms with Gasteiger partial charge in [-0.05, 0) is 26.2 Å². The molecular weight excluding hydrogens is 164 g/mol. The van der Waals surface area contributed by atoms with Gasteiger partial charge in [-0.25, -0.2) is 4.89 Å². The van der Waals surface area contributed by atoms with E-state index < -0.39 is 0 Å². The van der Waals surface area contributed by atoms with E-state index in [4.69, 9.17) is 5.26 Å². The van der Waals surface area contributed by atoms with Gasteiger partial charge in [-0.3, -0.25) is 5.26 Å². The highest BCUT2D eigenvalue weighted by molar-refractivity contribution is 5.06. The highest BCUT2D eigenvalue weighted by Gasteiger charge is 2.15. The van der Waals surface area contributed by atoms with Crippen LogP contribution in [-0.4, -0.2) is 11.9 Å². The molecule has 1 saturated carbocycles. The van der Waals surface area contributed by atoms with Gasteiger partial charge >= 0.3 is 0 Å². The zero-order valence-electron chi connectivity index (χ0n) is 8.46. The smallest absolute Gasteiger partial charge is 0.0884 e. The predicted octanol–water partition coefficient (Wildman–Crippen LogP) is 3.39. The second kappa shape index (κ2) is 6.17. The van der Waals surface area contributed by atoms with Gasteiger partial charge in [-0.1, -0.05) is 30.9 Å². The molecule has 2 heteroatoms. The van der Waals surface area contributed by atoms with Crippen molar-refractivity contribution in [3.63, 3.8) is 0 Å². The summed E-state index contributed by atoms with van der Waals surface area (Å²) < 4.78 is 0. The molecule has 0 heterocycles. The van der Waals surface area contributed by atoms with Crippen LogP contribution >= 0.6 is 0 Å². The molecule has 0 saturated heterocycles. The first-order chi connectivity index (χ1) is 6.38. The quantitative estimate of drug-likeness (QED) is 0.405. The minimum Gasteiger partial charge on any atom is -0.252 e. The van der Waals surface area contributed by atoms with E-state index in [1.54, 1.807) is 0 Å². The molecule has 1 atom stereocenters. The van der Waals surface area contributed by atoms with Crippen LogP contribution in [0.1, 0.15) is 45.4 Å². The average Bonchev–Trinajstić information content (AvgIpc) is 2.10. The van der Waals surface area contributed by atoms with Gasteiger partial charge in [0.05, 0.1) is 6.61 Å². The van der Waals surface area contributed by atoms with Crippen molar-refractivity contribution in [2.24, 2.45) is 5.92 Å². The lowest BCUT2D eigenvalue weighted by Crippen LogP contribution is -2.13. The fraction of sp³-hybridized carbons (Fsp3) is 0.818. The van der Waals surface area contributed by atoms with Crippen molar-refractivity contribution in [2.75, 3.05) is 6.61 Å². The Kier molecular flexibility index (Phi) is 5.09. The Morgan fingerprint density at radius 3 is 2.85 bits per heavy atom. The monoisotopic (exact) mass is 184 g/mol. The van der Waals surface area contributed by atoms with Crippen LogP contribution in [0.15, 0.2) is 11.6 Å². The van der Waals surface area contributed by atoms with Gasteiger partial charge in [0.1, 0.15) is 0 Å². The van der Waals surface area contributed by atoms with Gasteiger partial charge in [-0.2, -0.15) is 0 Å². The molecule has 0 bridgehead atoms. The molecule has 1 N–H and O–H groups in total. The summed E-state index contributed by atoms with van der Waals surface area (Å²) >= 11 is 0. The predicted molar refractivity (Wildman–Crippen MR) is 53.5 cm³/mol. The van der Waals surface area contributed by atoms with Crippen molar-refractivity contribution in [3.8, 4) is 0 Å². The first kappa shape index (κ1) is 10.7. The molecule has 0 aliphatic heterocycles. The maximum atomic E-state index is 8.47. The highest BCUT2D eigenvalue weighted by atomic mass is 17.1. The molecule has 1 aliphatic carbocycles. The first-order valence-electron chi connectivity index (χ1n) is 5.30. The summed E-state index contributed by atoms with van der Waals surface area (Å²) in [5, 5.41) is 8.47. The summed E-state index contributed by atoms with van der Waals surface area (Å²) in [4.78, 5) is 4.27. The van der Waals surface area contributed by atoms with Crippen LogP contribution in [0.5, 0.6) is 0 Å². The van der Waals surface area contributed by atoms with Crippen LogP contribution in [0.25, 0.3) is 0 Å². The minimum atomic E-state index is 0.454. The Morgan fingerprint density at radius 1 is 1.38 bits per heavy atom. The Morgan fingerprint density at radius 2 is 2.15 bits per heavy atom. The summed E-state index contributed by atoms with van der Waals surface area (Å²) in [5.74, 6) is 0.454. The van der Waals surface area contributed by atoms with Crippen LogP contribution in [0.3, 0.4) is 0 Å². The summed E-state index contributed by atoms with van der Waals surface area (Å²) in [6.07, 6.45) is 9.79. The molecule has 0 amide bonds. The van der Waals surface area contributed by atoms with E-state index in [9.17, 15) is 0 Å². The molecule has 76 valence electrons. The number of hydrogen-bond acceptors (Lipinski definition) is 2. The fourth-order valence-corrected chi connectivity index (χ4v) is 2.12. The van der Waals surface area contributed by atoms with Gasteiger partial charge in [0, 0.05) is 5.92 Å². The maximum absolute atomic E-state index is 8.47. The third-order valence-electron chi connectivity index (χ3n) is 2.94. The summed E-state index contributed by atoms with van der Waals surface area (Å²) in [6, 6.07) is 0. The van der Waals surface area contributed by atoms with E-state index in [0.717, 1.165) is 0 Å². The molecule has 1 unspecified atom stereocenters. The van der Waals surface area contributed by atoms with Crippen molar-refractivity contribution in [2.45, 2.75) is 45.4 Å². The number of hydrogen-bond donors (Lipinski definition) is 1. The molecule has 13 heavy (non-hydrogen) atoms. The third kappa shape index (κ3) is 3.49. The molecule has 1 fully saturated rings. The van der Waals surface area contributed by atoms with E-state index in [-0.39, 0.29) is 0 Å². The summed E-state index contributed by atoms with van der Waals surface area (Å²) in [6.45, 7) is 2.56. The Bertz CT molecular complexity index is 163. The van der Waals surface area contributed by atoms with Crippen molar-refractivity contribution in [1.82, 2.24) is 0 Å². The fourth-order valence-electron chi connectivity index (χ4n) is 2.12. The largest absolute Gasteiger partial charge is 0.252 e. The van der Waals surface area contributed by atoms with Gasteiger partial charge in [-0.15, -0.1) is 0 Å². The molecule has 1 rings (SSSR count). The molecule has 2 nitrogen and oxygen atoms in total. The highest BCUT2D eigenvalue weighted by Crippen LogP contribution is 2.27. The Hall–Kier alpha value is -0.340. The van der Waals surface area contributed by atoms with Crippen molar-refractivity contribution in [1.29, 1.82) is 0 Å². The average molecular weight is 184 g/mol. The van der Waals surface area contributed by atoms with Gasteiger partial charge in [0.2, 0.25) is 0 Å². The molecule has 0 aromatic heterocycles. The van der Waals surface area contributed by atoms with E-state index >= 15 is 0 Å². The van der Waals surface area contributed by atoms with Crippen LogP contribution in [-0.2, 0) is 4.89 Å². The van der Waals surface area contributed by atoms with E-state index in [1.165, 1.54) is 44.1 Å². The van der Waals surface area contributed by atoms with Crippen LogP contribution < -0.4 is 0 Å². The summed E-state index contributed by atoms with van der Waals surface area (Å²) in [7, 11) is 0. The maximum Gasteiger partial charge on any atom is 0.0884 e. The van der Waals surface area contributed by atoms with Crippen molar-refractivity contribution >= 4 is 0 Å². The van der Waals surface area contributed by atoms with Crippen LogP contribution in [0, 0.1) is 5.92 Å². The lowest BCUT2D eigenvalue weighted by atomic mass is 9.87. The van der Waals surface area contributed by atoms with Gasteiger partial charge in [0.25, 0.3) is 0 Å². The SMILES string of the molecule is C/C=C1\CCCCCCC1COO.